The van der Waals surface area contributed by atoms with E-state index in [1.165, 1.54) is 0 Å². The Morgan fingerprint density at radius 3 is 3.04 bits per heavy atom. The van der Waals surface area contributed by atoms with Crippen molar-refractivity contribution in [3.05, 3.63) is 46.4 Å². The number of halogens is 1. The molecule has 0 radical (unpaired) electrons. The van der Waals surface area contributed by atoms with Crippen molar-refractivity contribution in [2.75, 3.05) is 13.7 Å². The van der Waals surface area contributed by atoms with Crippen LogP contribution in [0.3, 0.4) is 0 Å². The van der Waals surface area contributed by atoms with Crippen LogP contribution in [0.5, 0.6) is 5.88 Å². The van der Waals surface area contributed by atoms with Crippen molar-refractivity contribution in [2.24, 2.45) is 4.99 Å². The molecule has 0 aromatic carbocycles. The predicted molar refractivity (Wildman–Crippen MR) is 95.0 cm³/mol. The topological polar surface area (TPSA) is 58.5 Å². The first-order valence-electron chi connectivity index (χ1n) is 7.74. The molecule has 0 fully saturated rings. The molecule has 0 bridgehead atoms. The van der Waals surface area contributed by atoms with Gasteiger partial charge in [0.25, 0.3) is 0 Å². The van der Waals surface area contributed by atoms with Gasteiger partial charge in [-0.05, 0) is 44.3 Å². The van der Waals surface area contributed by atoms with Gasteiger partial charge in [-0.15, -0.1) is 0 Å². The number of likely N-dealkylation sites (N-methyl/N-ethyl adjacent to an activating group) is 1. The number of aryl methyl sites for hydroxylation is 1. The lowest BCUT2D eigenvalue weighted by Gasteiger charge is -2.19. The summed E-state index contributed by atoms with van der Waals surface area (Å²) in [5, 5.41) is 6.76. The second-order valence-corrected chi connectivity index (χ2v) is 5.70. The van der Waals surface area contributed by atoms with Gasteiger partial charge in [-0.2, -0.15) is 0 Å². The smallest absolute Gasteiger partial charge is 0.216 e. The van der Waals surface area contributed by atoms with E-state index < -0.39 is 0 Å². The van der Waals surface area contributed by atoms with Gasteiger partial charge in [0.15, 0.2) is 0 Å². The first-order chi connectivity index (χ1) is 11.2. The van der Waals surface area contributed by atoms with Gasteiger partial charge in [0.1, 0.15) is 5.16 Å². The molecule has 1 aliphatic heterocycles. The fraction of sp³-hybridized carbons (Fsp3) is 0.412. The first-order valence-corrected chi connectivity index (χ1v) is 8.11. The third kappa shape index (κ3) is 4.81. The Morgan fingerprint density at radius 1 is 1.52 bits per heavy atom. The van der Waals surface area contributed by atoms with E-state index in [1.54, 1.807) is 12.4 Å². The molecule has 0 amide bonds. The van der Waals surface area contributed by atoms with Crippen LogP contribution in [0, 0.1) is 6.92 Å². The largest absolute Gasteiger partial charge is 0.477 e. The van der Waals surface area contributed by atoms with E-state index in [0.29, 0.717) is 24.2 Å². The molecule has 124 valence electrons. The van der Waals surface area contributed by atoms with Crippen LogP contribution >= 0.6 is 11.6 Å². The number of aliphatic imine (C=N–C) groups is 1. The Morgan fingerprint density at radius 2 is 2.35 bits per heavy atom. The van der Waals surface area contributed by atoms with Crippen LogP contribution in [0.2, 0.25) is 0 Å². The molecule has 1 aromatic rings. The van der Waals surface area contributed by atoms with E-state index in [-0.39, 0.29) is 6.04 Å². The zero-order chi connectivity index (χ0) is 16.7. The van der Waals surface area contributed by atoms with E-state index in [1.807, 2.05) is 26.2 Å². The quantitative estimate of drug-likeness (QED) is 0.594. The minimum absolute atomic E-state index is 0.0668. The van der Waals surface area contributed by atoms with Crippen molar-refractivity contribution in [1.82, 2.24) is 15.6 Å². The number of nitrogens with one attached hydrogen (secondary N) is 2. The Kier molecular flexibility index (Phi) is 6.62. The van der Waals surface area contributed by atoms with Crippen LogP contribution < -0.4 is 15.4 Å². The molecule has 1 atom stereocenters. The van der Waals surface area contributed by atoms with Gasteiger partial charge in [-0.3, -0.25) is 4.99 Å². The SMILES string of the molecule is CCCOc1ncc(CN=CC2=C(Cl)NC=CC2NC)cc1C. The van der Waals surface area contributed by atoms with Crippen LogP contribution in [0.15, 0.2) is 40.3 Å². The summed E-state index contributed by atoms with van der Waals surface area (Å²) in [6.07, 6.45) is 8.40. The summed E-state index contributed by atoms with van der Waals surface area (Å²) in [5.41, 5.74) is 2.99. The van der Waals surface area contributed by atoms with Gasteiger partial charge in [0.2, 0.25) is 5.88 Å². The molecule has 1 unspecified atom stereocenters. The average Bonchev–Trinajstić information content (AvgIpc) is 2.55. The van der Waals surface area contributed by atoms with E-state index in [9.17, 15) is 0 Å². The first kappa shape index (κ1) is 17.5. The van der Waals surface area contributed by atoms with Gasteiger partial charge >= 0.3 is 0 Å². The molecular weight excluding hydrogens is 312 g/mol. The highest BCUT2D eigenvalue weighted by Gasteiger charge is 2.14. The highest BCUT2D eigenvalue weighted by molar-refractivity contribution is 6.31. The van der Waals surface area contributed by atoms with Gasteiger partial charge in [-0.25, -0.2) is 4.98 Å². The van der Waals surface area contributed by atoms with Crippen LogP contribution in [0.4, 0.5) is 0 Å². The van der Waals surface area contributed by atoms with Crippen molar-refractivity contribution in [2.45, 2.75) is 32.9 Å². The van der Waals surface area contributed by atoms with Crippen LogP contribution in [-0.2, 0) is 6.54 Å². The Balaban J connectivity index is 2.01. The highest BCUT2D eigenvalue weighted by Crippen LogP contribution is 2.17. The zero-order valence-corrected chi connectivity index (χ0v) is 14.5. The van der Waals surface area contributed by atoms with Crippen molar-refractivity contribution in [3.8, 4) is 5.88 Å². The monoisotopic (exact) mass is 334 g/mol. The molecule has 5 nitrogen and oxygen atoms in total. The van der Waals surface area contributed by atoms with Crippen LogP contribution in [-0.4, -0.2) is 30.9 Å². The third-order valence-electron chi connectivity index (χ3n) is 3.43. The maximum Gasteiger partial charge on any atom is 0.216 e. The number of pyridine rings is 1. The normalized spacial score (nSPS) is 17.7. The molecule has 6 heteroatoms. The summed E-state index contributed by atoms with van der Waals surface area (Å²) in [5.74, 6) is 0.696. The molecular formula is C17H23ClN4O. The summed E-state index contributed by atoms with van der Waals surface area (Å²) in [4.78, 5) is 8.84. The maximum absolute atomic E-state index is 6.19. The summed E-state index contributed by atoms with van der Waals surface area (Å²) < 4.78 is 5.58. The number of hydrogen-bond acceptors (Lipinski definition) is 5. The Bertz CT molecular complexity index is 625. The molecule has 1 aliphatic rings. The molecule has 1 aromatic heterocycles. The van der Waals surface area contributed by atoms with Gasteiger partial charge in [-0.1, -0.05) is 18.5 Å². The molecule has 0 saturated carbocycles. The van der Waals surface area contributed by atoms with Crippen molar-refractivity contribution in [3.63, 3.8) is 0 Å². The molecule has 2 rings (SSSR count). The molecule has 23 heavy (non-hydrogen) atoms. The Hall–Kier alpha value is -1.85. The van der Waals surface area contributed by atoms with Crippen molar-refractivity contribution < 1.29 is 4.74 Å². The number of hydrogen-bond donors (Lipinski definition) is 2. The summed E-state index contributed by atoms with van der Waals surface area (Å²) in [7, 11) is 1.89. The predicted octanol–water partition coefficient (Wildman–Crippen LogP) is 2.90. The molecule has 0 aliphatic carbocycles. The van der Waals surface area contributed by atoms with E-state index in [0.717, 1.165) is 23.1 Å². The van der Waals surface area contributed by atoms with Gasteiger partial charge < -0.3 is 15.4 Å². The second kappa shape index (κ2) is 8.70. The zero-order valence-electron chi connectivity index (χ0n) is 13.8. The van der Waals surface area contributed by atoms with Gasteiger partial charge in [0, 0.05) is 23.5 Å². The molecule has 2 heterocycles. The second-order valence-electron chi connectivity index (χ2n) is 5.32. The van der Waals surface area contributed by atoms with E-state index >= 15 is 0 Å². The van der Waals surface area contributed by atoms with Crippen molar-refractivity contribution >= 4 is 17.8 Å². The number of rotatable bonds is 7. The van der Waals surface area contributed by atoms with Gasteiger partial charge in [0.05, 0.1) is 19.2 Å². The Labute approximate surface area is 142 Å². The minimum Gasteiger partial charge on any atom is -0.477 e. The fourth-order valence-corrected chi connectivity index (χ4v) is 2.47. The standard InChI is InChI=1S/C17H23ClN4O/c1-4-7-23-17-12(2)8-13(10-22-17)9-20-11-14-15(19-3)5-6-21-16(14)18/h5-6,8,10-11,15,19,21H,4,7,9H2,1-3H3. The lowest BCUT2D eigenvalue weighted by molar-refractivity contribution is 0.303. The summed E-state index contributed by atoms with van der Waals surface area (Å²) >= 11 is 6.19. The third-order valence-corrected chi connectivity index (χ3v) is 3.76. The van der Waals surface area contributed by atoms with E-state index in [2.05, 4.69) is 33.6 Å². The van der Waals surface area contributed by atoms with E-state index in [4.69, 9.17) is 16.3 Å². The fourth-order valence-electron chi connectivity index (χ4n) is 2.24. The van der Waals surface area contributed by atoms with Crippen molar-refractivity contribution in [1.29, 1.82) is 0 Å². The number of nitrogens with zero attached hydrogens (tertiary/aromatic N) is 2. The number of aromatic nitrogens is 1. The minimum atomic E-state index is 0.0668. The molecule has 0 spiro atoms. The lowest BCUT2D eigenvalue weighted by atomic mass is 10.1. The molecule has 0 saturated heterocycles. The van der Waals surface area contributed by atoms with Crippen LogP contribution in [0.25, 0.3) is 0 Å². The average molecular weight is 335 g/mol. The highest BCUT2D eigenvalue weighted by atomic mass is 35.5. The summed E-state index contributed by atoms with van der Waals surface area (Å²) in [6.45, 7) is 5.31. The number of ether oxygens (including phenoxy) is 1. The lowest BCUT2D eigenvalue weighted by Crippen LogP contribution is -2.31. The maximum atomic E-state index is 6.19. The molecule has 2 N–H and O–H groups in total. The number of dihydropyridines is 1. The summed E-state index contributed by atoms with van der Waals surface area (Å²) in [6, 6.07) is 2.12. The van der Waals surface area contributed by atoms with Crippen LogP contribution in [0.1, 0.15) is 24.5 Å².